The quantitative estimate of drug-likeness (QED) is 0.427. The number of hydrogen-bond acceptors (Lipinski definition) is 2. The first-order chi connectivity index (χ1) is 12.2. The summed E-state index contributed by atoms with van der Waals surface area (Å²) in [5.41, 5.74) is 6.14. The lowest BCUT2D eigenvalue weighted by atomic mass is 10.2. The molecule has 1 heterocycles. The molecule has 0 spiro atoms. The van der Waals surface area contributed by atoms with E-state index in [1.807, 2.05) is 66.2 Å². The largest absolute Gasteiger partial charge is 0.339 e. The van der Waals surface area contributed by atoms with Crippen LogP contribution in [0.4, 0.5) is 10.5 Å². The number of rotatable bonds is 4. The minimum Gasteiger partial charge on any atom is -0.335 e. The Morgan fingerprint density at radius 2 is 2.00 bits per heavy atom. The normalized spacial score (nSPS) is 10.7. The van der Waals surface area contributed by atoms with E-state index in [0.29, 0.717) is 6.54 Å². The van der Waals surface area contributed by atoms with Crippen LogP contribution in [0.3, 0.4) is 0 Å². The number of carbonyl (C=O) groups excluding carboxylic acids is 1. The molecule has 3 rings (SSSR count). The second kappa shape index (κ2) is 7.37. The van der Waals surface area contributed by atoms with Gasteiger partial charge in [-0.05, 0) is 24.6 Å². The Morgan fingerprint density at radius 1 is 1.24 bits per heavy atom. The number of fused-ring (bicyclic) bond motifs is 1. The Labute approximate surface area is 146 Å². The predicted octanol–water partition coefficient (Wildman–Crippen LogP) is 3.74. The highest BCUT2D eigenvalue weighted by atomic mass is 16.2. The summed E-state index contributed by atoms with van der Waals surface area (Å²) in [6.07, 6.45) is 8.96. The van der Waals surface area contributed by atoms with Gasteiger partial charge in [0.2, 0.25) is 0 Å². The molecule has 2 aromatic carbocycles. The second-order valence-electron chi connectivity index (χ2n) is 5.57. The van der Waals surface area contributed by atoms with Crippen molar-refractivity contribution in [2.45, 2.75) is 13.5 Å². The number of aryl methyl sites for hydroxylation is 1. The first kappa shape index (κ1) is 16.3. The lowest BCUT2D eigenvalue weighted by molar-refractivity contribution is 0.252. The fourth-order valence-corrected chi connectivity index (χ4v) is 2.63. The second-order valence-corrected chi connectivity index (χ2v) is 5.57. The van der Waals surface area contributed by atoms with Gasteiger partial charge in [-0.1, -0.05) is 42.3 Å². The third-order valence-electron chi connectivity index (χ3n) is 3.84. The number of hydrogen-bond donors (Lipinski definition) is 2. The van der Waals surface area contributed by atoms with E-state index in [1.54, 1.807) is 6.21 Å². The van der Waals surface area contributed by atoms with Gasteiger partial charge in [-0.3, -0.25) is 0 Å². The Bertz CT molecular complexity index is 979. The summed E-state index contributed by atoms with van der Waals surface area (Å²) in [5, 5.41) is 7.83. The monoisotopic (exact) mass is 330 g/mol. The number of urea groups is 1. The van der Waals surface area contributed by atoms with E-state index in [9.17, 15) is 4.79 Å². The fourth-order valence-electron chi connectivity index (χ4n) is 2.63. The number of anilines is 1. The number of aromatic nitrogens is 1. The molecule has 2 amide bonds. The third kappa shape index (κ3) is 3.70. The van der Waals surface area contributed by atoms with Crippen LogP contribution in [-0.2, 0) is 6.54 Å². The summed E-state index contributed by atoms with van der Waals surface area (Å²) in [5.74, 6) is 2.64. The van der Waals surface area contributed by atoms with E-state index in [1.165, 1.54) is 0 Å². The van der Waals surface area contributed by atoms with E-state index in [-0.39, 0.29) is 0 Å². The third-order valence-corrected chi connectivity index (χ3v) is 3.84. The lowest BCUT2D eigenvalue weighted by Crippen LogP contribution is -2.24. The van der Waals surface area contributed by atoms with E-state index in [2.05, 4.69) is 21.8 Å². The first-order valence-electron chi connectivity index (χ1n) is 7.86. The van der Waals surface area contributed by atoms with Gasteiger partial charge < -0.3 is 9.88 Å². The topological polar surface area (TPSA) is 58.4 Å². The van der Waals surface area contributed by atoms with Gasteiger partial charge >= 0.3 is 6.03 Å². The van der Waals surface area contributed by atoms with E-state index >= 15 is 0 Å². The van der Waals surface area contributed by atoms with Crippen LogP contribution in [0.2, 0.25) is 0 Å². The maximum Gasteiger partial charge on any atom is 0.339 e. The van der Waals surface area contributed by atoms with Crippen LogP contribution >= 0.6 is 0 Å². The van der Waals surface area contributed by atoms with E-state index in [4.69, 9.17) is 6.42 Å². The SMILES string of the molecule is C#CCn1cc(C=NNC(=O)Nc2ccccc2C)c2ccccc21. The molecule has 124 valence electrons. The zero-order valence-electron chi connectivity index (χ0n) is 13.9. The summed E-state index contributed by atoms with van der Waals surface area (Å²) in [4.78, 5) is 12.0. The highest BCUT2D eigenvalue weighted by Crippen LogP contribution is 2.19. The number of terminal acetylenes is 1. The number of hydrazone groups is 1. The maximum atomic E-state index is 12.0. The molecular weight excluding hydrogens is 312 g/mol. The number of benzene rings is 2. The summed E-state index contributed by atoms with van der Waals surface area (Å²) < 4.78 is 1.98. The van der Waals surface area contributed by atoms with Crippen LogP contribution < -0.4 is 10.7 Å². The van der Waals surface area contributed by atoms with Gasteiger partial charge in [0, 0.05) is 28.4 Å². The van der Waals surface area contributed by atoms with Crippen molar-refractivity contribution in [2.24, 2.45) is 5.10 Å². The smallest absolute Gasteiger partial charge is 0.335 e. The average molecular weight is 330 g/mol. The zero-order valence-corrected chi connectivity index (χ0v) is 13.9. The zero-order chi connectivity index (χ0) is 17.6. The van der Waals surface area contributed by atoms with Crippen molar-refractivity contribution in [1.29, 1.82) is 0 Å². The van der Waals surface area contributed by atoms with Crippen LogP contribution in [0, 0.1) is 19.3 Å². The summed E-state index contributed by atoms with van der Waals surface area (Å²) in [6.45, 7) is 2.41. The predicted molar refractivity (Wildman–Crippen MR) is 102 cm³/mol. The Kier molecular flexibility index (Phi) is 4.82. The van der Waals surface area contributed by atoms with Gasteiger partial charge in [0.25, 0.3) is 0 Å². The lowest BCUT2D eigenvalue weighted by Gasteiger charge is -2.06. The number of para-hydroxylation sites is 2. The molecule has 0 saturated carbocycles. The van der Waals surface area contributed by atoms with Gasteiger partial charge in [0.05, 0.1) is 12.8 Å². The van der Waals surface area contributed by atoms with Crippen LogP contribution in [0.25, 0.3) is 10.9 Å². The van der Waals surface area contributed by atoms with Gasteiger partial charge in [0.15, 0.2) is 0 Å². The van der Waals surface area contributed by atoms with Gasteiger partial charge in [-0.25, -0.2) is 10.2 Å². The fraction of sp³-hybridized carbons (Fsp3) is 0.100. The van der Waals surface area contributed by atoms with Gasteiger partial charge in [-0.15, -0.1) is 6.42 Å². The van der Waals surface area contributed by atoms with Crippen molar-refractivity contribution in [2.75, 3.05) is 5.32 Å². The van der Waals surface area contributed by atoms with Crippen LogP contribution in [0.15, 0.2) is 59.8 Å². The number of nitrogens with one attached hydrogen (secondary N) is 2. The standard InChI is InChI=1S/C20H18N4O/c1-3-12-24-14-16(17-9-5-7-11-19(17)24)13-21-23-20(25)22-18-10-6-4-8-15(18)2/h1,4-11,13-14H,12H2,2H3,(H2,22,23,25). The molecule has 0 aliphatic heterocycles. The molecule has 3 aromatic rings. The highest BCUT2D eigenvalue weighted by Gasteiger charge is 2.06. The summed E-state index contributed by atoms with van der Waals surface area (Å²) in [7, 11) is 0. The minimum absolute atomic E-state index is 0.391. The maximum absolute atomic E-state index is 12.0. The summed E-state index contributed by atoms with van der Waals surface area (Å²) in [6, 6.07) is 15.1. The molecule has 0 radical (unpaired) electrons. The van der Waals surface area contributed by atoms with Crippen molar-refractivity contribution in [3.8, 4) is 12.3 Å². The van der Waals surface area contributed by atoms with Crippen molar-refractivity contribution < 1.29 is 4.79 Å². The molecule has 5 heteroatoms. The highest BCUT2D eigenvalue weighted by molar-refractivity contribution is 6.00. The van der Waals surface area contributed by atoms with Crippen LogP contribution in [0.5, 0.6) is 0 Å². The first-order valence-corrected chi connectivity index (χ1v) is 7.86. The Hall–Kier alpha value is -3.52. The molecule has 0 atom stereocenters. The molecular formula is C20H18N4O. The minimum atomic E-state index is -0.391. The molecule has 2 N–H and O–H groups in total. The summed E-state index contributed by atoms with van der Waals surface area (Å²) >= 11 is 0. The van der Waals surface area contributed by atoms with E-state index < -0.39 is 6.03 Å². The van der Waals surface area contributed by atoms with Crippen LogP contribution in [-0.4, -0.2) is 16.8 Å². The van der Waals surface area contributed by atoms with Crippen molar-refractivity contribution >= 4 is 28.8 Å². The molecule has 0 saturated heterocycles. The molecule has 5 nitrogen and oxygen atoms in total. The van der Waals surface area contributed by atoms with Crippen molar-refractivity contribution in [3.05, 3.63) is 65.9 Å². The number of carbonyl (C=O) groups is 1. The number of amides is 2. The molecule has 1 aromatic heterocycles. The molecule has 0 unspecified atom stereocenters. The number of nitrogens with zero attached hydrogens (tertiary/aromatic N) is 2. The van der Waals surface area contributed by atoms with E-state index in [0.717, 1.165) is 27.7 Å². The molecule has 0 aliphatic carbocycles. The average Bonchev–Trinajstić information content (AvgIpc) is 2.96. The molecule has 25 heavy (non-hydrogen) atoms. The Morgan fingerprint density at radius 3 is 2.80 bits per heavy atom. The Balaban J connectivity index is 1.72. The van der Waals surface area contributed by atoms with Crippen molar-refractivity contribution in [3.63, 3.8) is 0 Å². The molecule has 0 bridgehead atoms. The van der Waals surface area contributed by atoms with Gasteiger partial charge in [-0.2, -0.15) is 5.10 Å². The molecule has 0 fully saturated rings. The van der Waals surface area contributed by atoms with Gasteiger partial charge in [0.1, 0.15) is 0 Å². The molecule has 0 aliphatic rings. The van der Waals surface area contributed by atoms with Crippen LogP contribution in [0.1, 0.15) is 11.1 Å². The van der Waals surface area contributed by atoms with Crippen molar-refractivity contribution in [1.82, 2.24) is 9.99 Å².